The Hall–Kier alpha value is -2.97. The summed E-state index contributed by atoms with van der Waals surface area (Å²) in [6.45, 7) is 2.19. The van der Waals surface area contributed by atoms with E-state index in [2.05, 4.69) is 15.1 Å². The second kappa shape index (κ2) is 7.81. The molecule has 7 nitrogen and oxygen atoms in total. The molecule has 148 valence electrons. The van der Waals surface area contributed by atoms with Crippen LogP contribution in [0.15, 0.2) is 42.9 Å². The molecule has 0 saturated heterocycles. The van der Waals surface area contributed by atoms with Crippen LogP contribution in [-0.4, -0.2) is 32.8 Å². The molecule has 3 aromatic heterocycles. The summed E-state index contributed by atoms with van der Waals surface area (Å²) < 4.78 is 7.82. The van der Waals surface area contributed by atoms with Gasteiger partial charge in [0.15, 0.2) is 10.8 Å². The van der Waals surface area contributed by atoms with E-state index in [-0.39, 0.29) is 5.91 Å². The summed E-state index contributed by atoms with van der Waals surface area (Å²) in [5, 5.41) is 5.43. The summed E-state index contributed by atoms with van der Waals surface area (Å²) >= 11 is 7.73. The van der Waals surface area contributed by atoms with Crippen molar-refractivity contribution in [1.82, 2.24) is 19.7 Å². The average Bonchev–Trinajstić information content (AvgIpc) is 3.30. The molecule has 0 aliphatic rings. The lowest BCUT2D eigenvalue weighted by Crippen LogP contribution is -2.31. The minimum absolute atomic E-state index is 0.228. The largest absolute Gasteiger partial charge is 0.494 e. The number of methoxy groups -OCH3 is 1. The summed E-state index contributed by atoms with van der Waals surface area (Å²) in [7, 11) is 3.37. The van der Waals surface area contributed by atoms with Crippen LogP contribution in [0.25, 0.3) is 10.2 Å². The molecule has 4 aromatic rings. The van der Waals surface area contributed by atoms with Crippen LogP contribution in [0.3, 0.4) is 0 Å². The van der Waals surface area contributed by atoms with Crippen molar-refractivity contribution >= 4 is 44.2 Å². The van der Waals surface area contributed by atoms with Crippen molar-refractivity contribution in [3.63, 3.8) is 0 Å². The average molecular weight is 428 g/mol. The molecule has 0 radical (unpaired) electrons. The van der Waals surface area contributed by atoms with Crippen LogP contribution >= 0.6 is 22.9 Å². The molecular weight excluding hydrogens is 410 g/mol. The zero-order valence-electron chi connectivity index (χ0n) is 16.1. The maximum Gasteiger partial charge on any atom is 0.281 e. The number of aryl methyl sites for hydroxylation is 2. The molecule has 29 heavy (non-hydrogen) atoms. The number of thiazole rings is 1. The van der Waals surface area contributed by atoms with Gasteiger partial charge in [-0.05, 0) is 36.8 Å². The first-order chi connectivity index (χ1) is 14.0. The lowest BCUT2D eigenvalue weighted by Gasteiger charge is -2.19. The van der Waals surface area contributed by atoms with E-state index in [1.165, 1.54) is 11.3 Å². The van der Waals surface area contributed by atoms with E-state index in [1.807, 2.05) is 25.3 Å². The van der Waals surface area contributed by atoms with Crippen LogP contribution in [0.2, 0.25) is 5.02 Å². The Kier molecular flexibility index (Phi) is 5.21. The first-order valence-corrected chi connectivity index (χ1v) is 10.0. The van der Waals surface area contributed by atoms with Crippen molar-refractivity contribution in [3.8, 4) is 5.75 Å². The lowest BCUT2D eigenvalue weighted by atomic mass is 10.2. The van der Waals surface area contributed by atoms with Gasteiger partial charge >= 0.3 is 0 Å². The molecule has 0 aliphatic heterocycles. The Bertz CT molecular complexity index is 1190. The summed E-state index contributed by atoms with van der Waals surface area (Å²) in [5.41, 5.74) is 2.75. The molecule has 0 aliphatic carbocycles. The fourth-order valence-corrected chi connectivity index (χ4v) is 4.32. The Labute approximate surface area is 176 Å². The number of pyridine rings is 1. The summed E-state index contributed by atoms with van der Waals surface area (Å²) in [5.74, 6) is 0.381. The van der Waals surface area contributed by atoms with E-state index in [0.717, 1.165) is 15.8 Å². The second-order valence-corrected chi connectivity index (χ2v) is 7.89. The van der Waals surface area contributed by atoms with Gasteiger partial charge in [0.25, 0.3) is 5.91 Å². The molecule has 0 bridgehead atoms. The van der Waals surface area contributed by atoms with Crippen LogP contribution < -0.4 is 9.64 Å². The van der Waals surface area contributed by atoms with E-state index in [4.69, 9.17) is 16.3 Å². The molecule has 1 amide bonds. The molecule has 0 saturated carbocycles. The van der Waals surface area contributed by atoms with Gasteiger partial charge < -0.3 is 4.74 Å². The third-order valence-corrected chi connectivity index (χ3v) is 5.99. The van der Waals surface area contributed by atoms with Gasteiger partial charge in [0.2, 0.25) is 0 Å². The molecule has 9 heteroatoms. The van der Waals surface area contributed by atoms with Crippen LogP contribution in [0, 0.1) is 6.92 Å². The zero-order chi connectivity index (χ0) is 20.5. The molecule has 4 rings (SSSR count). The van der Waals surface area contributed by atoms with Gasteiger partial charge in [-0.25, -0.2) is 4.98 Å². The van der Waals surface area contributed by atoms with Crippen molar-refractivity contribution in [1.29, 1.82) is 0 Å². The van der Waals surface area contributed by atoms with Gasteiger partial charge in [-0.3, -0.25) is 19.4 Å². The Balaban J connectivity index is 1.84. The van der Waals surface area contributed by atoms with E-state index in [9.17, 15) is 4.79 Å². The fourth-order valence-electron chi connectivity index (χ4n) is 3.06. The smallest absolute Gasteiger partial charge is 0.281 e. The monoisotopic (exact) mass is 427 g/mol. The van der Waals surface area contributed by atoms with E-state index in [1.54, 1.807) is 48.3 Å². The molecular formula is C20H18ClN5O2S. The summed E-state index contributed by atoms with van der Waals surface area (Å²) in [6, 6.07) is 7.27. The third-order valence-electron chi connectivity index (χ3n) is 4.45. The maximum atomic E-state index is 13.4. The summed E-state index contributed by atoms with van der Waals surface area (Å²) in [6.07, 6.45) is 5.21. The number of carbonyl (C=O) groups excluding carboxylic acids is 1. The van der Waals surface area contributed by atoms with Gasteiger partial charge in [-0.1, -0.05) is 22.9 Å². The van der Waals surface area contributed by atoms with Crippen molar-refractivity contribution in [2.24, 2.45) is 7.05 Å². The van der Waals surface area contributed by atoms with Crippen LogP contribution in [0.1, 0.15) is 21.6 Å². The van der Waals surface area contributed by atoms with Crippen molar-refractivity contribution in [2.75, 3.05) is 12.0 Å². The highest BCUT2D eigenvalue weighted by Crippen LogP contribution is 2.39. The Morgan fingerprint density at radius 1 is 1.28 bits per heavy atom. The molecule has 3 heterocycles. The number of aromatic nitrogens is 4. The number of rotatable bonds is 5. The van der Waals surface area contributed by atoms with Crippen molar-refractivity contribution in [2.45, 2.75) is 13.5 Å². The minimum Gasteiger partial charge on any atom is -0.494 e. The zero-order valence-corrected chi connectivity index (χ0v) is 17.7. The topological polar surface area (TPSA) is 73.1 Å². The van der Waals surface area contributed by atoms with Gasteiger partial charge in [0.05, 0.1) is 23.4 Å². The third kappa shape index (κ3) is 3.68. The van der Waals surface area contributed by atoms with Crippen LogP contribution in [-0.2, 0) is 13.6 Å². The minimum atomic E-state index is -0.228. The highest BCUT2D eigenvalue weighted by Gasteiger charge is 2.26. The first kappa shape index (κ1) is 19.4. The fraction of sp³-hybridized carbons (Fsp3) is 0.200. The first-order valence-electron chi connectivity index (χ1n) is 8.82. The highest BCUT2D eigenvalue weighted by molar-refractivity contribution is 7.23. The van der Waals surface area contributed by atoms with Gasteiger partial charge in [-0.2, -0.15) is 5.10 Å². The highest BCUT2D eigenvalue weighted by atomic mass is 35.5. The number of anilines is 1. The van der Waals surface area contributed by atoms with Crippen LogP contribution in [0.4, 0.5) is 5.13 Å². The standard InChI is InChI=1S/C20H18ClN5O2S/c1-12-10-25(2)24-16(12)19(27)26(11-13-6-8-22-9-7-13)20-23-17-15(28-3)5-4-14(21)18(17)29-20/h4-10H,11H2,1-3H3. The predicted octanol–water partition coefficient (Wildman–Crippen LogP) is 4.24. The van der Waals surface area contributed by atoms with Gasteiger partial charge in [0.1, 0.15) is 11.3 Å². The maximum absolute atomic E-state index is 13.4. The lowest BCUT2D eigenvalue weighted by molar-refractivity contribution is 0.0979. The molecule has 0 fully saturated rings. The number of benzene rings is 1. The number of carbonyl (C=O) groups is 1. The molecule has 0 atom stereocenters. The number of amides is 1. The molecule has 1 aromatic carbocycles. The van der Waals surface area contributed by atoms with Crippen molar-refractivity contribution in [3.05, 3.63) is 64.7 Å². The normalized spacial score (nSPS) is 11.0. The van der Waals surface area contributed by atoms with Crippen LogP contribution in [0.5, 0.6) is 5.75 Å². The number of hydrogen-bond acceptors (Lipinski definition) is 6. The Morgan fingerprint density at radius 2 is 2.03 bits per heavy atom. The van der Waals surface area contributed by atoms with E-state index < -0.39 is 0 Å². The van der Waals surface area contributed by atoms with Gasteiger partial charge in [0, 0.05) is 31.2 Å². The number of ether oxygens (including phenoxy) is 1. The van der Waals surface area contributed by atoms with Gasteiger partial charge in [-0.15, -0.1) is 0 Å². The van der Waals surface area contributed by atoms with Crippen molar-refractivity contribution < 1.29 is 9.53 Å². The Morgan fingerprint density at radius 3 is 2.69 bits per heavy atom. The second-order valence-electron chi connectivity index (χ2n) is 6.50. The molecule has 0 N–H and O–H groups in total. The number of nitrogens with zero attached hydrogens (tertiary/aromatic N) is 5. The number of halogens is 1. The van der Waals surface area contributed by atoms with E-state index >= 15 is 0 Å². The summed E-state index contributed by atoms with van der Waals surface area (Å²) in [4.78, 5) is 23.8. The molecule has 0 unspecified atom stereocenters. The molecule has 0 spiro atoms. The predicted molar refractivity (Wildman–Crippen MR) is 114 cm³/mol. The number of fused-ring (bicyclic) bond motifs is 1. The quantitative estimate of drug-likeness (QED) is 0.476. The number of hydrogen-bond donors (Lipinski definition) is 0. The van der Waals surface area contributed by atoms with E-state index in [0.29, 0.717) is 33.7 Å². The SMILES string of the molecule is COc1ccc(Cl)c2sc(N(Cc3ccncc3)C(=O)c3nn(C)cc3C)nc12.